The molecule has 0 bridgehead atoms. The van der Waals surface area contributed by atoms with Crippen LogP contribution in [0.4, 0.5) is 8.78 Å². The zero-order valence-electron chi connectivity index (χ0n) is 14.9. The summed E-state index contributed by atoms with van der Waals surface area (Å²) in [6.07, 6.45) is 14.6. The van der Waals surface area contributed by atoms with Crippen molar-refractivity contribution < 1.29 is 13.9 Å². The van der Waals surface area contributed by atoms with Crippen molar-refractivity contribution in [2.24, 2.45) is 35.5 Å². The lowest BCUT2D eigenvalue weighted by atomic mass is 9.65. The number of hydrogen-bond donors (Lipinski definition) is 1. The summed E-state index contributed by atoms with van der Waals surface area (Å²) in [6.45, 7) is 0.379. The molecule has 3 heteroatoms. The number of aliphatic hydroxyl groups excluding tert-OH is 1. The van der Waals surface area contributed by atoms with Crippen molar-refractivity contribution in [3.63, 3.8) is 0 Å². The van der Waals surface area contributed by atoms with E-state index in [0.29, 0.717) is 12.5 Å². The van der Waals surface area contributed by atoms with Gasteiger partial charge in [-0.3, -0.25) is 0 Å². The Balaban J connectivity index is 1.39. The van der Waals surface area contributed by atoms with Crippen molar-refractivity contribution in [1.82, 2.24) is 0 Å². The minimum Gasteiger partial charge on any atom is -0.396 e. The van der Waals surface area contributed by atoms with E-state index in [1.165, 1.54) is 57.4 Å². The maximum Gasteiger partial charge on any atom is 0.266 e. The number of allylic oxidation sites excluding steroid dienone is 1. The Morgan fingerprint density at radius 3 is 1.42 bits per heavy atom. The molecule has 3 aliphatic rings. The molecule has 3 aliphatic carbocycles. The van der Waals surface area contributed by atoms with Crippen LogP contribution in [0.25, 0.3) is 0 Å². The Hall–Kier alpha value is -0.440. The molecule has 0 atom stereocenters. The molecule has 0 heterocycles. The smallest absolute Gasteiger partial charge is 0.266 e. The summed E-state index contributed by atoms with van der Waals surface area (Å²) >= 11 is 0. The van der Waals surface area contributed by atoms with Gasteiger partial charge in [0.2, 0.25) is 0 Å². The largest absolute Gasteiger partial charge is 0.396 e. The van der Waals surface area contributed by atoms with Crippen LogP contribution in [0.1, 0.15) is 77.0 Å². The molecule has 1 nitrogen and oxygen atoms in total. The van der Waals surface area contributed by atoms with Gasteiger partial charge in [-0.2, -0.15) is 8.78 Å². The molecular weight excluding hydrogens is 306 g/mol. The van der Waals surface area contributed by atoms with Crippen LogP contribution >= 0.6 is 0 Å². The van der Waals surface area contributed by atoms with Gasteiger partial charge in [0.1, 0.15) is 0 Å². The lowest BCUT2D eigenvalue weighted by Crippen LogP contribution is -2.30. The Labute approximate surface area is 145 Å². The first-order chi connectivity index (χ1) is 11.7. The van der Waals surface area contributed by atoms with Crippen LogP contribution in [0.5, 0.6) is 0 Å². The molecule has 0 saturated heterocycles. The van der Waals surface area contributed by atoms with Gasteiger partial charge < -0.3 is 5.11 Å². The Kier molecular flexibility index (Phi) is 6.71. The van der Waals surface area contributed by atoms with Crippen LogP contribution in [-0.4, -0.2) is 11.7 Å². The molecule has 0 aromatic heterocycles. The second kappa shape index (κ2) is 8.78. The fourth-order valence-electron chi connectivity index (χ4n) is 5.89. The van der Waals surface area contributed by atoms with Crippen molar-refractivity contribution in [3.05, 3.63) is 12.2 Å². The van der Waals surface area contributed by atoms with Crippen molar-refractivity contribution in [1.29, 1.82) is 0 Å². The van der Waals surface area contributed by atoms with E-state index in [0.717, 1.165) is 49.4 Å². The van der Waals surface area contributed by atoms with Gasteiger partial charge in [-0.1, -0.05) is 0 Å². The van der Waals surface area contributed by atoms with Gasteiger partial charge in [-0.25, -0.2) is 0 Å². The fraction of sp³-hybridized carbons (Fsp3) is 0.905. The van der Waals surface area contributed by atoms with E-state index in [1.807, 2.05) is 0 Å². The second-order valence-electron chi connectivity index (χ2n) is 8.77. The monoisotopic (exact) mass is 340 g/mol. The highest BCUT2D eigenvalue weighted by molar-refractivity contribution is 4.92. The van der Waals surface area contributed by atoms with Crippen molar-refractivity contribution in [3.8, 4) is 0 Å². The summed E-state index contributed by atoms with van der Waals surface area (Å²) in [5.41, 5.74) is 0. The minimum absolute atomic E-state index is 0.129. The van der Waals surface area contributed by atoms with Crippen LogP contribution < -0.4 is 0 Å². The van der Waals surface area contributed by atoms with Gasteiger partial charge in [0, 0.05) is 6.61 Å². The van der Waals surface area contributed by atoms with E-state index in [9.17, 15) is 13.9 Å². The third kappa shape index (κ3) is 4.80. The van der Waals surface area contributed by atoms with Gasteiger partial charge in [0.15, 0.2) is 0 Å². The summed E-state index contributed by atoms with van der Waals surface area (Å²) in [7, 11) is 0. The highest BCUT2D eigenvalue weighted by Crippen LogP contribution is 2.46. The van der Waals surface area contributed by atoms with E-state index in [2.05, 4.69) is 0 Å². The average molecular weight is 340 g/mol. The zero-order valence-corrected chi connectivity index (χ0v) is 14.9. The van der Waals surface area contributed by atoms with Crippen LogP contribution in [0.15, 0.2) is 12.2 Å². The maximum absolute atomic E-state index is 12.4. The van der Waals surface area contributed by atoms with E-state index in [-0.39, 0.29) is 5.92 Å². The first kappa shape index (κ1) is 18.4. The molecule has 24 heavy (non-hydrogen) atoms. The van der Waals surface area contributed by atoms with Crippen LogP contribution in [0.3, 0.4) is 0 Å². The minimum atomic E-state index is -1.49. The van der Waals surface area contributed by atoms with Crippen molar-refractivity contribution in [2.45, 2.75) is 77.0 Å². The lowest BCUT2D eigenvalue weighted by Gasteiger charge is -2.41. The summed E-state index contributed by atoms with van der Waals surface area (Å²) in [6, 6.07) is 0. The molecule has 0 unspecified atom stereocenters. The zero-order chi connectivity index (χ0) is 16.9. The summed E-state index contributed by atoms with van der Waals surface area (Å²) in [4.78, 5) is 0. The Morgan fingerprint density at radius 2 is 1.04 bits per heavy atom. The highest BCUT2D eigenvalue weighted by Gasteiger charge is 2.34. The molecular formula is C21H34F2O. The SMILES string of the molecule is OCC1CCC(C2CCC(C3CCC(C=C(F)F)CC3)CC2)CC1. The molecule has 0 amide bonds. The number of halogens is 2. The number of hydrogen-bond acceptors (Lipinski definition) is 1. The van der Waals surface area contributed by atoms with E-state index < -0.39 is 6.08 Å². The third-order valence-electron chi connectivity index (χ3n) is 7.48. The predicted octanol–water partition coefficient (Wildman–Crippen LogP) is 6.18. The van der Waals surface area contributed by atoms with Crippen molar-refractivity contribution >= 4 is 0 Å². The molecule has 1 N–H and O–H groups in total. The van der Waals surface area contributed by atoms with E-state index >= 15 is 0 Å². The van der Waals surface area contributed by atoms with Crippen molar-refractivity contribution in [2.75, 3.05) is 6.61 Å². The predicted molar refractivity (Wildman–Crippen MR) is 93.7 cm³/mol. The van der Waals surface area contributed by atoms with Gasteiger partial charge in [-0.15, -0.1) is 0 Å². The number of aliphatic hydroxyl groups is 1. The summed E-state index contributed by atoms with van der Waals surface area (Å²) in [5.74, 6) is 4.17. The lowest BCUT2D eigenvalue weighted by molar-refractivity contribution is 0.0951. The molecule has 3 fully saturated rings. The van der Waals surface area contributed by atoms with Gasteiger partial charge in [0.05, 0.1) is 0 Å². The fourth-order valence-corrected chi connectivity index (χ4v) is 5.89. The average Bonchev–Trinajstić information content (AvgIpc) is 2.62. The van der Waals surface area contributed by atoms with Crippen LogP contribution in [-0.2, 0) is 0 Å². The molecule has 0 radical (unpaired) electrons. The normalized spacial score (nSPS) is 41.0. The third-order valence-corrected chi connectivity index (χ3v) is 7.48. The van der Waals surface area contributed by atoms with Gasteiger partial charge in [-0.05, 0) is 119 Å². The first-order valence-corrected chi connectivity index (χ1v) is 10.3. The molecule has 0 aromatic carbocycles. The summed E-state index contributed by atoms with van der Waals surface area (Å²) < 4.78 is 24.8. The standard InChI is InChI=1S/C21H34F2O/c22-21(23)13-15-1-5-17(6-2-15)19-9-11-20(12-10-19)18-7-3-16(14-24)4-8-18/h13,15-20,24H,1-12,14H2. The molecule has 0 aliphatic heterocycles. The molecule has 0 spiro atoms. The van der Waals surface area contributed by atoms with E-state index in [4.69, 9.17) is 0 Å². The summed E-state index contributed by atoms with van der Waals surface area (Å²) in [5, 5.41) is 9.29. The highest BCUT2D eigenvalue weighted by atomic mass is 19.3. The maximum atomic E-state index is 12.4. The topological polar surface area (TPSA) is 20.2 Å². The molecule has 138 valence electrons. The van der Waals surface area contributed by atoms with Gasteiger partial charge in [0.25, 0.3) is 6.08 Å². The second-order valence-corrected chi connectivity index (χ2v) is 8.77. The van der Waals surface area contributed by atoms with Crippen LogP contribution in [0, 0.1) is 35.5 Å². The molecule has 3 rings (SSSR count). The number of rotatable bonds is 4. The van der Waals surface area contributed by atoms with Gasteiger partial charge >= 0.3 is 0 Å². The molecule has 3 saturated carbocycles. The molecule has 0 aromatic rings. The van der Waals surface area contributed by atoms with Crippen LogP contribution in [0.2, 0.25) is 0 Å². The first-order valence-electron chi connectivity index (χ1n) is 10.3. The Bertz CT molecular complexity index is 394. The quantitative estimate of drug-likeness (QED) is 0.648. The Morgan fingerprint density at radius 1 is 0.667 bits per heavy atom. The van der Waals surface area contributed by atoms with E-state index in [1.54, 1.807) is 0 Å².